The van der Waals surface area contributed by atoms with Gasteiger partial charge in [-0.1, -0.05) is 60.1 Å². The van der Waals surface area contributed by atoms with Crippen molar-refractivity contribution in [2.75, 3.05) is 0 Å². The fourth-order valence-corrected chi connectivity index (χ4v) is 2.74. The number of carbonyl (C=O) groups is 1. The highest BCUT2D eigenvalue weighted by atomic mass is 35.5. The summed E-state index contributed by atoms with van der Waals surface area (Å²) in [5.41, 5.74) is 8.12. The molecule has 0 heterocycles. The minimum absolute atomic E-state index is 0.700. The number of urea groups is 1. The Hall–Kier alpha value is -2.59. The molecule has 3 rings (SSSR count). The largest absolute Gasteiger partial charge is 0.350 e. The normalized spacial score (nSPS) is 11.3. The molecule has 0 atom stereocenters. The summed E-state index contributed by atoms with van der Waals surface area (Å²) in [7, 11) is 0. The number of hydrazone groups is 1. The summed E-state index contributed by atoms with van der Waals surface area (Å²) >= 11 is 6.50. The molecule has 3 aromatic rings. The molecule has 0 aliphatic heterocycles. The van der Waals surface area contributed by atoms with Crippen LogP contribution in [0.15, 0.2) is 53.6 Å². The van der Waals surface area contributed by atoms with E-state index in [1.807, 2.05) is 48.5 Å². The van der Waals surface area contributed by atoms with E-state index in [1.165, 1.54) is 0 Å². The maximum absolute atomic E-state index is 10.7. The number of hydrogen-bond acceptors (Lipinski definition) is 2. The van der Waals surface area contributed by atoms with Crippen molar-refractivity contribution in [2.24, 2.45) is 10.8 Å². The van der Waals surface area contributed by atoms with Crippen molar-refractivity contribution in [2.45, 2.75) is 0 Å². The average Bonchev–Trinajstić information content (AvgIpc) is 2.50. The van der Waals surface area contributed by atoms with Crippen LogP contribution in [0.1, 0.15) is 5.56 Å². The number of fused-ring (bicyclic) bond motifs is 2. The lowest BCUT2D eigenvalue weighted by Crippen LogP contribution is -2.24. The van der Waals surface area contributed by atoms with Crippen molar-refractivity contribution in [3.05, 3.63) is 59.1 Å². The van der Waals surface area contributed by atoms with Crippen LogP contribution in [0.5, 0.6) is 0 Å². The third-order valence-electron chi connectivity index (χ3n) is 3.28. The first kappa shape index (κ1) is 13.4. The molecule has 0 fully saturated rings. The molecule has 5 heteroatoms. The molecule has 0 saturated carbocycles. The number of halogens is 1. The molecule has 2 amide bonds. The van der Waals surface area contributed by atoms with Gasteiger partial charge in [-0.2, -0.15) is 5.10 Å². The van der Waals surface area contributed by atoms with Crippen LogP contribution in [-0.4, -0.2) is 12.2 Å². The number of hydrogen-bond donors (Lipinski definition) is 2. The minimum Gasteiger partial charge on any atom is -0.350 e. The van der Waals surface area contributed by atoms with E-state index in [0.29, 0.717) is 5.02 Å². The summed E-state index contributed by atoms with van der Waals surface area (Å²) in [6.45, 7) is 0. The number of nitrogens with two attached hydrogens (primary N) is 1. The van der Waals surface area contributed by atoms with Gasteiger partial charge in [0, 0.05) is 16.3 Å². The summed E-state index contributed by atoms with van der Waals surface area (Å²) in [5.74, 6) is 0. The number of nitrogens with one attached hydrogen (secondary N) is 1. The highest BCUT2D eigenvalue weighted by Crippen LogP contribution is 2.35. The average molecular weight is 298 g/mol. The number of amides is 2. The van der Waals surface area contributed by atoms with Crippen molar-refractivity contribution >= 4 is 45.4 Å². The second-order valence-electron chi connectivity index (χ2n) is 4.55. The van der Waals surface area contributed by atoms with Gasteiger partial charge < -0.3 is 5.73 Å². The molecule has 3 N–H and O–H groups in total. The zero-order chi connectivity index (χ0) is 14.8. The Morgan fingerprint density at radius 3 is 1.95 bits per heavy atom. The quantitative estimate of drug-likeness (QED) is 0.423. The fourth-order valence-electron chi connectivity index (χ4n) is 2.41. The summed E-state index contributed by atoms with van der Waals surface area (Å²) in [6, 6.07) is 14.9. The van der Waals surface area contributed by atoms with Crippen molar-refractivity contribution < 1.29 is 4.79 Å². The van der Waals surface area contributed by atoms with Gasteiger partial charge in [-0.15, -0.1) is 0 Å². The van der Waals surface area contributed by atoms with Crippen LogP contribution in [-0.2, 0) is 0 Å². The number of rotatable bonds is 2. The van der Waals surface area contributed by atoms with Crippen LogP contribution in [0.4, 0.5) is 4.79 Å². The molecular formula is C16H12ClN3O. The van der Waals surface area contributed by atoms with E-state index in [-0.39, 0.29) is 0 Å². The van der Waals surface area contributed by atoms with Crippen LogP contribution in [0, 0.1) is 0 Å². The molecule has 0 aliphatic carbocycles. The summed E-state index contributed by atoms with van der Waals surface area (Å²) in [6.07, 6.45) is 1.59. The summed E-state index contributed by atoms with van der Waals surface area (Å²) in [4.78, 5) is 10.7. The van der Waals surface area contributed by atoms with Gasteiger partial charge in [0.1, 0.15) is 0 Å². The lowest BCUT2D eigenvalue weighted by Gasteiger charge is -2.10. The Morgan fingerprint density at radius 2 is 1.48 bits per heavy atom. The highest BCUT2D eigenvalue weighted by Gasteiger charge is 2.10. The highest BCUT2D eigenvalue weighted by molar-refractivity contribution is 6.42. The maximum Gasteiger partial charge on any atom is 0.332 e. The van der Waals surface area contributed by atoms with Gasteiger partial charge in [0.2, 0.25) is 0 Å². The molecule has 0 bridgehead atoms. The predicted molar refractivity (Wildman–Crippen MR) is 86.8 cm³/mol. The first-order valence-electron chi connectivity index (χ1n) is 6.36. The second-order valence-corrected chi connectivity index (χ2v) is 4.93. The SMILES string of the molecule is NC(=O)N/N=C\c1c2ccccc2c(Cl)c2ccccc12. The molecule has 4 nitrogen and oxygen atoms in total. The third kappa shape index (κ3) is 2.41. The number of primary amides is 1. The van der Waals surface area contributed by atoms with E-state index < -0.39 is 6.03 Å². The van der Waals surface area contributed by atoms with E-state index in [1.54, 1.807) is 6.21 Å². The fraction of sp³-hybridized carbons (Fsp3) is 0. The first-order chi connectivity index (χ1) is 10.2. The molecule has 104 valence electrons. The van der Waals surface area contributed by atoms with Crippen molar-refractivity contribution in [3.8, 4) is 0 Å². The van der Waals surface area contributed by atoms with E-state index in [0.717, 1.165) is 27.1 Å². The topological polar surface area (TPSA) is 67.5 Å². The van der Waals surface area contributed by atoms with Gasteiger partial charge in [0.15, 0.2) is 0 Å². The van der Waals surface area contributed by atoms with Crippen LogP contribution in [0.2, 0.25) is 5.02 Å². The smallest absolute Gasteiger partial charge is 0.332 e. The lowest BCUT2D eigenvalue weighted by molar-refractivity contribution is 0.249. The van der Waals surface area contributed by atoms with Crippen molar-refractivity contribution in [3.63, 3.8) is 0 Å². The molecule has 0 saturated heterocycles. The molecular weight excluding hydrogens is 286 g/mol. The minimum atomic E-state index is -0.700. The molecule has 0 spiro atoms. The van der Waals surface area contributed by atoms with E-state index in [9.17, 15) is 4.79 Å². The van der Waals surface area contributed by atoms with Crippen LogP contribution in [0.25, 0.3) is 21.5 Å². The van der Waals surface area contributed by atoms with Crippen molar-refractivity contribution in [1.29, 1.82) is 0 Å². The maximum atomic E-state index is 10.7. The van der Waals surface area contributed by atoms with Crippen LogP contribution < -0.4 is 11.2 Å². The Bertz CT molecular complexity index is 817. The number of benzene rings is 3. The summed E-state index contributed by atoms with van der Waals surface area (Å²) in [5, 5.41) is 8.41. The summed E-state index contributed by atoms with van der Waals surface area (Å²) < 4.78 is 0. The third-order valence-corrected chi connectivity index (χ3v) is 3.68. The van der Waals surface area contributed by atoms with Crippen molar-refractivity contribution in [1.82, 2.24) is 5.43 Å². The van der Waals surface area contributed by atoms with Gasteiger partial charge in [0.05, 0.1) is 11.2 Å². The van der Waals surface area contributed by atoms with Gasteiger partial charge in [-0.3, -0.25) is 0 Å². The Labute approximate surface area is 126 Å². The molecule has 0 radical (unpaired) electrons. The number of carbonyl (C=O) groups excluding carboxylic acids is 1. The second kappa shape index (κ2) is 5.42. The molecule has 3 aromatic carbocycles. The van der Waals surface area contributed by atoms with E-state index in [4.69, 9.17) is 17.3 Å². The van der Waals surface area contributed by atoms with Gasteiger partial charge >= 0.3 is 6.03 Å². The zero-order valence-corrected chi connectivity index (χ0v) is 11.8. The van der Waals surface area contributed by atoms with E-state index >= 15 is 0 Å². The number of nitrogens with zero attached hydrogens (tertiary/aromatic N) is 1. The Balaban J connectivity index is 2.34. The van der Waals surface area contributed by atoms with Gasteiger partial charge in [0.25, 0.3) is 0 Å². The Morgan fingerprint density at radius 1 is 1.00 bits per heavy atom. The van der Waals surface area contributed by atoms with E-state index in [2.05, 4.69) is 10.5 Å². The zero-order valence-electron chi connectivity index (χ0n) is 11.0. The monoisotopic (exact) mass is 297 g/mol. The van der Waals surface area contributed by atoms with Gasteiger partial charge in [-0.05, 0) is 10.8 Å². The molecule has 0 aromatic heterocycles. The first-order valence-corrected chi connectivity index (χ1v) is 6.73. The molecule has 0 unspecified atom stereocenters. The van der Waals surface area contributed by atoms with Crippen LogP contribution in [0.3, 0.4) is 0 Å². The van der Waals surface area contributed by atoms with Gasteiger partial charge in [-0.25, -0.2) is 10.2 Å². The predicted octanol–water partition coefficient (Wildman–Crippen LogP) is 3.65. The standard InChI is InChI=1S/C16H12ClN3O/c17-15-12-7-3-1-5-10(12)14(9-19-20-16(18)21)11-6-2-4-8-13(11)15/h1-9H,(H3,18,20,21)/b19-9-. The van der Waals surface area contributed by atoms with Crippen LogP contribution >= 0.6 is 11.6 Å². The molecule has 21 heavy (non-hydrogen) atoms. The lowest BCUT2D eigenvalue weighted by atomic mass is 9.97. The Kier molecular flexibility index (Phi) is 3.46. The molecule has 0 aliphatic rings.